The predicted octanol–water partition coefficient (Wildman–Crippen LogP) is 4.80. The Morgan fingerprint density at radius 3 is 2.55 bits per heavy atom. The highest BCUT2D eigenvalue weighted by molar-refractivity contribution is 7.97. The van der Waals surface area contributed by atoms with Gasteiger partial charge >= 0.3 is 5.97 Å². The van der Waals surface area contributed by atoms with E-state index >= 15 is 0 Å². The quantitative estimate of drug-likeness (QED) is 0.517. The zero-order valence-electron chi connectivity index (χ0n) is 15.7. The number of nitrogens with zero attached hydrogens (tertiary/aromatic N) is 1. The van der Waals surface area contributed by atoms with Gasteiger partial charge in [0.15, 0.2) is 6.61 Å². The van der Waals surface area contributed by atoms with Crippen molar-refractivity contribution in [2.24, 2.45) is 0 Å². The minimum absolute atomic E-state index is 0.112. The van der Waals surface area contributed by atoms with Crippen molar-refractivity contribution in [3.8, 4) is 22.6 Å². The van der Waals surface area contributed by atoms with Gasteiger partial charge in [0.2, 0.25) is 0 Å². The molecule has 3 aromatic rings. The van der Waals surface area contributed by atoms with Gasteiger partial charge in [-0.2, -0.15) is 0 Å². The molecular formula is C22H20FNO4S. The van der Waals surface area contributed by atoms with Gasteiger partial charge in [-0.3, -0.25) is 0 Å². The molecule has 150 valence electrons. The van der Waals surface area contributed by atoms with Crippen LogP contribution in [-0.4, -0.2) is 34.1 Å². The topological polar surface area (TPSA) is 70.0 Å². The molecule has 0 radical (unpaired) electrons. The van der Waals surface area contributed by atoms with E-state index in [2.05, 4.69) is 0 Å². The van der Waals surface area contributed by atoms with Gasteiger partial charge < -0.3 is 14.9 Å². The summed E-state index contributed by atoms with van der Waals surface area (Å²) in [6.45, 7) is 0.137. The van der Waals surface area contributed by atoms with Crippen molar-refractivity contribution >= 4 is 17.9 Å². The second-order valence-corrected chi connectivity index (χ2v) is 7.67. The molecule has 0 aliphatic carbocycles. The first-order chi connectivity index (χ1) is 13.9. The van der Waals surface area contributed by atoms with Crippen LogP contribution in [0.3, 0.4) is 0 Å². The molecule has 0 saturated heterocycles. The minimum Gasteiger partial charge on any atom is -0.508 e. The van der Waals surface area contributed by atoms with E-state index in [-0.39, 0.29) is 11.6 Å². The van der Waals surface area contributed by atoms with Crippen LogP contribution in [0.25, 0.3) is 11.1 Å². The molecular weight excluding hydrogens is 393 g/mol. The van der Waals surface area contributed by atoms with Crippen molar-refractivity contribution in [3.63, 3.8) is 0 Å². The third-order valence-corrected chi connectivity index (χ3v) is 4.96. The van der Waals surface area contributed by atoms with Crippen LogP contribution in [-0.2, 0) is 11.3 Å². The highest BCUT2D eigenvalue weighted by Gasteiger charge is 2.12. The maximum atomic E-state index is 13.1. The second kappa shape index (κ2) is 9.45. The zero-order chi connectivity index (χ0) is 20.8. The van der Waals surface area contributed by atoms with Gasteiger partial charge in [-0.1, -0.05) is 18.2 Å². The van der Waals surface area contributed by atoms with Crippen molar-refractivity contribution in [2.45, 2.75) is 11.4 Å². The molecule has 3 rings (SSSR count). The summed E-state index contributed by atoms with van der Waals surface area (Å²) < 4.78 is 20.5. The summed E-state index contributed by atoms with van der Waals surface area (Å²) in [4.78, 5) is 11.8. The number of aromatic hydroxyl groups is 1. The summed E-state index contributed by atoms with van der Waals surface area (Å²) in [6.07, 6.45) is 0. The lowest BCUT2D eigenvalue weighted by Gasteiger charge is -2.18. The number of ether oxygens (including phenoxy) is 1. The molecule has 7 heteroatoms. The van der Waals surface area contributed by atoms with Gasteiger partial charge in [0, 0.05) is 17.0 Å². The van der Waals surface area contributed by atoms with E-state index in [1.807, 2.05) is 29.6 Å². The molecule has 0 atom stereocenters. The monoisotopic (exact) mass is 413 g/mol. The fourth-order valence-electron chi connectivity index (χ4n) is 2.80. The van der Waals surface area contributed by atoms with Crippen molar-refractivity contribution < 1.29 is 24.1 Å². The molecule has 5 nitrogen and oxygen atoms in total. The van der Waals surface area contributed by atoms with E-state index < -0.39 is 12.6 Å². The molecule has 0 bridgehead atoms. The fourth-order valence-corrected chi connectivity index (χ4v) is 3.64. The number of aliphatic carboxylic acids is 1. The van der Waals surface area contributed by atoms with Gasteiger partial charge in [0.25, 0.3) is 0 Å². The van der Waals surface area contributed by atoms with Crippen LogP contribution in [0.5, 0.6) is 11.5 Å². The van der Waals surface area contributed by atoms with E-state index in [0.29, 0.717) is 17.9 Å². The minimum atomic E-state index is -1.06. The first-order valence-electron chi connectivity index (χ1n) is 8.82. The first-order valence-corrected chi connectivity index (χ1v) is 9.59. The molecule has 0 saturated carbocycles. The number of hydrogen-bond donors (Lipinski definition) is 2. The van der Waals surface area contributed by atoms with Crippen molar-refractivity contribution in [1.29, 1.82) is 0 Å². The Morgan fingerprint density at radius 2 is 1.86 bits per heavy atom. The summed E-state index contributed by atoms with van der Waals surface area (Å²) in [5.41, 5.74) is 2.39. The lowest BCUT2D eigenvalue weighted by molar-refractivity contribution is -0.139. The maximum Gasteiger partial charge on any atom is 0.341 e. The number of carboxylic acid groups (broad SMARTS) is 1. The highest BCUT2D eigenvalue weighted by atomic mass is 32.2. The van der Waals surface area contributed by atoms with Crippen LogP contribution in [0, 0.1) is 5.82 Å². The molecule has 0 fully saturated rings. The SMILES string of the molecule is CN(Cc1ccc(OCC(=O)O)c(-c2cccc(O)c2)c1)Sc1ccc(F)cc1. The summed E-state index contributed by atoms with van der Waals surface area (Å²) in [5, 5.41) is 18.7. The van der Waals surface area contributed by atoms with Gasteiger partial charge in [-0.25, -0.2) is 13.5 Å². The number of rotatable bonds is 8. The van der Waals surface area contributed by atoms with E-state index in [0.717, 1.165) is 16.0 Å². The van der Waals surface area contributed by atoms with Crippen molar-refractivity contribution in [2.75, 3.05) is 13.7 Å². The summed E-state index contributed by atoms with van der Waals surface area (Å²) in [5.74, 6) is -0.798. The third-order valence-electron chi connectivity index (χ3n) is 4.03. The van der Waals surface area contributed by atoms with Crippen LogP contribution in [0.1, 0.15) is 5.56 Å². The van der Waals surface area contributed by atoms with E-state index in [1.54, 1.807) is 36.4 Å². The molecule has 0 aliphatic heterocycles. The van der Waals surface area contributed by atoms with Crippen LogP contribution in [0.4, 0.5) is 4.39 Å². The van der Waals surface area contributed by atoms with Gasteiger partial charge in [-0.05, 0) is 78.7 Å². The number of phenols is 1. The standard InChI is InChI=1S/C22H20FNO4S/c1-24(29-19-8-6-17(23)7-9-19)13-15-5-10-21(28-14-22(26)27)20(11-15)16-3-2-4-18(25)12-16/h2-12,25H,13-14H2,1H3,(H,26,27). The number of halogens is 1. The number of phenolic OH excluding ortho intramolecular Hbond substituents is 1. The largest absolute Gasteiger partial charge is 0.508 e. The molecule has 29 heavy (non-hydrogen) atoms. The Labute approximate surface area is 172 Å². The lowest BCUT2D eigenvalue weighted by atomic mass is 10.0. The Morgan fingerprint density at radius 1 is 1.10 bits per heavy atom. The molecule has 0 spiro atoms. The van der Waals surface area contributed by atoms with Crippen LogP contribution in [0.2, 0.25) is 0 Å². The molecule has 0 heterocycles. The molecule has 0 amide bonds. The Bertz CT molecular complexity index is 994. The van der Waals surface area contributed by atoms with Crippen LogP contribution >= 0.6 is 11.9 Å². The predicted molar refractivity (Wildman–Crippen MR) is 110 cm³/mol. The maximum absolute atomic E-state index is 13.1. The van der Waals surface area contributed by atoms with Gasteiger partial charge in [-0.15, -0.1) is 0 Å². The van der Waals surface area contributed by atoms with E-state index in [1.165, 1.54) is 24.1 Å². The second-order valence-electron chi connectivity index (χ2n) is 6.39. The summed E-state index contributed by atoms with van der Waals surface area (Å²) >= 11 is 1.49. The molecule has 2 N–H and O–H groups in total. The fraction of sp³-hybridized carbons (Fsp3) is 0.136. The molecule has 0 unspecified atom stereocenters. The normalized spacial score (nSPS) is 10.9. The number of carbonyl (C=O) groups is 1. The first kappa shape index (κ1) is 20.7. The van der Waals surface area contributed by atoms with E-state index in [9.17, 15) is 14.3 Å². The Hall–Kier alpha value is -3.03. The van der Waals surface area contributed by atoms with Gasteiger partial charge in [0.05, 0.1) is 0 Å². The van der Waals surface area contributed by atoms with Crippen LogP contribution < -0.4 is 4.74 Å². The van der Waals surface area contributed by atoms with Crippen molar-refractivity contribution in [3.05, 3.63) is 78.1 Å². The third kappa shape index (κ3) is 5.97. The summed E-state index contributed by atoms with van der Waals surface area (Å²) in [7, 11) is 1.93. The van der Waals surface area contributed by atoms with Crippen molar-refractivity contribution in [1.82, 2.24) is 4.31 Å². The zero-order valence-corrected chi connectivity index (χ0v) is 16.5. The van der Waals surface area contributed by atoms with E-state index in [4.69, 9.17) is 9.84 Å². The molecule has 0 aliphatic rings. The summed E-state index contributed by atoms with van der Waals surface area (Å²) in [6, 6.07) is 18.5. The smallest absolute Gasteiger partial charge is 0.341 e. The average molecular weight is 413 g/mol. The number of hydrogen-bond acceptors (Lipinski definition) is 5. The Kier molecular flexibility index (Phi) is 6.74. The highest BCUT2D eigenvalue weighted by Crippen LogP contribution is 2.34. The van der Waals surface area contributed by atoms with Crippen LogP contribution in [0.15, 0.2) is 71.6 Å². The molecule has 3 aromatic carbocycles. The number of benzene rings is 3. The lowest BCUT2D eigenvalue weighted by Crippen LogP contribution is -2.11. The average Bonchev–Trinajstić information content (AvgIpc) is 2.68. The molecule has 0 aromatic heterocycles. The number of carboxylic acids is 1. The Balaban J connectivity index is 1.82. The van der Waals surface area contributed by atoms with Gasteiger partial charge in [0.1, 0.15) is 17.3 Å².